The van der Waals surface area contributed by atoms with E-state index in [9.17, 15) is 9.59 Å². The second kappa shape index (κ2) is 6.26. The van der Waals surface area contributed by atoms with Gasteiger partial charge in [-0.05, 0) is 19.8 Å². The minimum absolute atomic E-state index is 0.0608. The average Bonchev–Trinajstić information content (AvgIpc) is 3.12. The van der Waals surface area contributed by atoms with Gasteiger partial charge in [0.05, 0.1) is 24.4 Å². The summed E-state index contributed by atoms with van der Waals surface area (Å²) < 4.78 is 7.20. The number of likely N-dealkylation sites (tertiary alicyclic amines) is 1. The van der Waals surface area contributed by atoms with Crippen molar-refractivity contribution in [1.29, 1.82) is 0 Å². The quantitative estimate of drug-likeness (QED) is 0.827. The molecule has 130 valence electrons. The van der Waals surface area contributed by atoms with E-state index in [-0.39, 0.29) is 17.9 Å². The summed E-state index contributed by atoms with van der Waals surface area (Å²) in [7, 11) is 5.04. The molecule has 0 radical (unpaired) electrons. The fourth-order valence-corrected chi connectivity index (χ4v) is 3.58. The summed E-state index contributed by atoms with van der Waals surface area (Å²) in [5.41, 5.74) is 2.29. The van der Waals surface area contributed by atoms with Crippen LogP contribution in [0, 0.1) is 6.92 Å². The lowest BCUT2D eigenvalue weighted by Gasteiger charge is -2.27. The van der Waals surface area contributed by atoms with Crippen LogP contribution in [-0.2, 0) is 16.6 Å². The van der Waals surface area contributed by atoms with E-state index in [1.165, 1.54) is 5.01 Å². The van der Waals surface area contributed by atoms with E-state index in [0.717, 1.165) is 24.1 Å². The zero-order valence-electron chi connectivity index (χ0n) is 14.6. The summed E-state index contributed by atoms with van der Waals surface area (Å²) in [4.78, 5) is 26.4. The van der Waals surface area contributed by atoms with Crippen LogP contribution in [0.5, 0.6) is 5.88 Å². The Bertz CT molecular complexity index is 709. The van der Waals surface area contributed by atoms with Crippen molar-refractivity contribution >= 4 is 17.5 Å². The van der Waals surface area contributed by atoms with Gasteiger partial charge in [-0.3, -0.25) is 9.59 Å². The third-order valence-corrected chi connectivity index (χ3v) is 4.71. The molecule has 1 unspecified atom stereocenters. The zero-order valence-corrected chi connectivity index (χ0v) is 14.6. The van der Waals surface area contributed by atoms with Crippen molar-refractivity contribution < 1.29 is 14.3 Å². The molecule has 8 nitrogen and oxygen atoms in total. The molecular weight excluding hydrogens is 310 g/mol. The van der Waals surface area contributed by atoms with Crippen molar-refractivity contribution in [2.75, 3.05) is 20.7 Å². The molecule has 0 spiro atoms. The first-order valence-corrected chi connectivity index (χ1v) is 8.16. The summed E-state index contributed by atoms with van der Waals surface area (Å²) in [5.74, 6) is 0.534. The van der Waals surface area contributed by atoms with E-state index in [2.05, 4.69) is 10.2 Å². The molecule has 2 aliphatic rings. The lowest BCUT2D eigenvalue weighted by atomic mass is 10.0. The topological polar surface area (TPSA) is 80.0 Å². The molecule has 2 aliphatic heterocycles. The van der Waals surface area contributed by atoms with Gasteiger partial charge >= 0.3 is 0 Å². The fraction of sp³-hybridized carbons (Fsp3) is 0.625. The monoisotopic (exact) mass is 333 g/mol. The standard InChI is InChI=1S/C16H23N5O3/c1-10-14(16(24-4)20(3)17-10)12-6-5-9-21(12)15(23)11-7-8-13(22)19(2)18-11/h12H,5-9H2,1-4H3. The van der Waals surface area contributed by atoms with Gasteiger partial charge in [-0.2, -0.15) is 10.2 Å². The number of nitrogens with zero attached hydrogens (tertiary/aromatic N) is 5. The number of aryl methyl sites for hydroxylation is 2. The Morgan fingerprint density at radius 2 is 2.04 bits per heavy atom. The zero-order chi connectivity index (χ0) is 17.4. The summed E-state index contributed by atoms with van der Waals surface area (Å²) in [6, 6.07) is -0.0632. The van der Waals surface area contributed by atoms with Gasteiger partial charge in [0.2, 0.25) is 11.8 Å². The molecule has 2 amide bonds. The van der Waals surface area contributed by atoms with Crippen LogP contribution in [0.4, 0.5) is 0 Å². The van der Waals surface area contributed by atoms with Gasteiger partial charge in [-0.1, -0.05) is 0 Å². The number of rotatable bonds is 3. The van der Waals surface area contributed by atoms with Crippen molar-refractivity contribution in [3.8, 4) is 5.88 Å². The second-order valence-corrected chi connectivity index (χ2v) is 6.25. The first kappa shape index (κ1) is 16.5. The molecule has 0 aromatic carbocycles. The predicted molar refractivity (Wildman–Crippen MR) is 87.6 cm³/mol. The minimum atomic E-state index is -0.0952. The maximum Gasteiger partial charge on any atom is 0.270 e. The van der Waals surface area contributed by atoms with Gasteiger partial charge in [0.25, 0.3) is 5.91 Å². The highest BCUT2D eigenvalue weighted by Gasteiger charge is 2.37. The number of hydrogen-bond acceptors (Lipinski definition) is 5. The van der Waals surface area contributed by atoms with Crippen molar-refractivity contribution in [1.82, 2.24) is 19.7 Å². The summed E-state index contributed by atoms with van der Waals surface area (Å²) in [5, 5.41) is 9.85. The number of ether oxygens (including phenoxy) is 1. The SMILES string of the molecule is COc1c(C2CCCN2C(=O)C2=NN(C)C(=O)CC2)c(C)nn1C. The first-order chi connectivity index (χ1) is 11.4. The minimum Gasteiger partial charge on any atom is -0.481 e. The van der Waals surface area contributed by atoms with Gasteiger partial charge in [-0.25, -0.2) is 9.69 Å². The summed E-state index contributed by atoms with van der Waals surface area (Å²) >= 11 is 0. The van der Waals surface area contributed by atoms with Crippen molar-refractivity contribution in [2.45, 2.75) is 38.6 Å². The van der Waals surface area contributed by atoms with Crippen LogP contribution in [-0.4, -0.2) is 57.9 Å². The number of aromatic nitrogens is 2. The van der Waals surface area contributed by atoms with Crippen molar-refractivity contribution in [3.05, 3.63) is 11.3 Å². The highest BCUT2D eigenvalue weighted by Crippen LogP contribution is 2.39. The highest BCUT2D eigenvalue weighted by molar-refractivity contribution is 6.39. The van der Waals surface area contributed by atoms with Crippen molar-refractivity contribution in [3.63, 3.8) is 0 Å². The normalized spacial score (nSPS) is 21.2. The Hall–Kier alpha value is -2.38. The van der Waals surface area contributed by atoms with E-state index in [4.69, 9.17) is 4.74 Å². The molecule has 0 aliphatic carbocycles. The van der Waals surface area contributed by atoms with E-state index >= 15 is 0 Å². The van der Waals surface area contributed by atoms with Crippen LogP contribution in [0.25, 0.3) is 0 Å². The van der Waals surface area contributed by atoms with E-state index in [1.54, 1.807) is 18.8 Å². The molecule has 1 atom stereocenters. The summed E-state index contributed by atoms with van der Waals surface area (Å²) in [6.45, 7) is 2.61. The number of carbonyl (C=O) groups excluding carboxylic acids is 2. The van der Waals surface area contributed by atoms with Crippen LogP contribution in [0.3, 0.4) is 0 Å². The van der Waals surface area contributed by atoms with Gasteiger partial charge < -0.3 is 9.64 Å². The second-order valence-electron chi connectivity index (χ2n) is 6.25. The van der Waals surface area contributed by atoms with Gasteiger partial charge in [-0.15, -0.1) is 0 Å². The van der Waals surface area contributed by atoms with E-state index < -0.39 is 0 Å². The third kappa shape index (κ3) is 2.65. The van der Waals surface area contributed by atoms with Crippen LogP contribution in [0.1, 0.15) is 43.0 Å². The Kier molecular flexibility index (Phi) is 4.29. The molecule has 24 heavy (non-hydrogen) atoms. The third-order valence-electron chi connectivity index (χ3n) is 4.71. The van der Waals surface area contributed by atoms with Gasteiger partial charge in [0.15, 0.2) is 0 Å². The highest BCUT2D eigenvalue weighted by atomic mass is 16.5. The molecule has 8 heteroatoms. The molecule has 3 heterocycles. The van der Waals surface area contributed by atoms with Gasteiger partial charge in [0, 0.05) is 33.5 Å². The van der Waals surface area contributed by atoms with Gasteiger partial charge in [0.1, 0.15) is 5.71 Å². The molecule has 0 N–H and O–H groups in total. The van der Waals surface area contributed by atoms with Crippen LogP contribution < -0.4 is 4.74 Å². The molecule has 1 saturated heterocycles. The van der Waals surface area contributed by atoms with Crippen LogP contribution in [0.2, 0.25) is 0 Å². The van der Waals surface area contributed by atoms with E-state index in [1.807, 2.05) is 18.9 Å². The van der Waals surface area contributed by atoms with Crippen LogP contribution in [0.15, 0.2) is 5.10 Å². The number of methoxy groups -OCH3 is 1. The Balaban J connectivity index is 1.90. The van der Waals surface area contributed by atoms with Crippen LogP contribution >= 0.6 is 0 Å². The number of hydrogen-bond donors (Lipinski definition) is 0. The maximum absolute atomic E-state index is 12.9. The molecular formula is C16H23N5O3. The molecule has 3 rings (SSSR count). The van der Waals surface area contributed by atoms with E-state index in [0.29, 0.717) is 31.0 Å². The lowest BCUT2D eigenvalue weighted by Crippen LogP contribution is -2.40. The smallest absolute Gasteiger partial charge is 0.270 e. The first-order valence-electron chi connectivity index (χ1n) is 8.16. The molecule has 1 fully saturated rings. The molecule has 0 saturated carbocycles. The molecule has 1 aromatic rings. The summed E-state index contributed by atoms with van der Waals surface area (Å²) in [6.07, 6.45) is 2.52. The maximum atomic E-state index is 12.9. The fourth-order valence-electron chi connectivity index (χ4n) is 3.58. The molecule has 1 aromatic heterocycles. The number of amides is 2. The number of hydrazone groups is 1. The number of carbonyl (C=O) groups is 2. The molecule has 0 bridgehead atoms. The predicted octanol–water partition coefficient (Wildman–Crippen LogP) is 1.01. The Morgan fingerprint density at radius 1 is 1.29 bits per heavy atom. The largest absolute Gasteiger partial charge is 0.481 e. The average molecular weight is 333 g/mol. The van der Waals surface area contributed by atoms with Crippen molar-refractivity contribution in [2.24, 2.45) is 12.1 Å². The lowest BCUT2D eigenvalue weighted by molar-refractivity contribution is -0.130. The Labute approximate surface area is 141 Å². The Morgan fingerprint density at radius 3 is 2.71 bits per heavy atom.